The fourth-order valence-corrected chi connectivity index (χ4v) is 1.49. The second-order valence-corrected chi connectivity index (χ2v) is 3.60. The molecule has 0 unspecified atom stereocenters. The molecule has 1 aromatic carbocycles. The largest absolute Gasteiger partial charge is 0.463 e. The Balaban J connectivity index is 3.02. The zero-order chi connectivity index (χ0) is 13.8. The first kappa shape index (κ1) is 14.3. The number of hydrogen-bond donors (Lipinski definition) is 0. The molecule has 1 aromatic rings. The highest BCUT2D eigenvalue weighted by molar-refractivity contribution is 5.87. The number of halogens is 3. The van der Waals surface area contributed by atoms with Gasteiger partial charge in [0.2, 0.25) is 0 Å². The average molecular weight is 258 g/mol. The third-order valence-electron chi connectivity index (χ3n) is 2.37. The van der Waals surface area contributed by atoms with Crippen molar-refractivity contribution in [1.82, 2.24) is 0 Å². The smallest absolute Gasteiger partial charge is 0.416 e. The number of hydrogen-bond acceptors (Lipinski definition) is 2. The van der Waals surface area contributed by atoms with Crippen LogP contribution in [0.4, 0.5) is 13.2 Å². The van der Waals surface area contributed by atoms with Crippen molar-refractivity contribution in [3.63, 3.8) is 0 Å². The summed E-state index contributed by atoms with van der Waals surface area (Å²) in [6.45, 7) is 3.25. The van der Waals surface area contributed by atoms with Gasteiger partial charge in [-0.05, 0) is 37.1 Å². The van der Waals surface area contributed by atoms with Crippen molar-refractivity contribution in [3.05, 3.63) is 41.0 Å². The Morgan fingerprint density at radius 2 is 2.06 bits per heavy atom. The minimum Gasteiger partial charge on any atom is -0.463 e. The summed E-state index contributed by atoms with van der Waals surface area (Å²) in [5, 5.41) is 0. The lowest BCUT2D eigenvalue weighted by Gasteiger charge is -2.11. The number of carbonyl (C=O) groups excluding carboxylic acids is 1. The van der Waals surface area contributed by atoms with Crippen LogP contribution in [0.25, 0.3) is 6.08 Å². The third kappa shape index (κ3) is 3.61. The second kappa shape index (κ2) is 5.71. The summed E-state index contributed by atoms with van der Waals surface area (Å²) in [7, 11) is 0. The Kier molecular flexibility index (Phi) is 4.53. The van der Waals surface area contributed by atoms with E-state index in [0.29, 0.717) is 5.56 Å². The van der Waals surface area contributed by atoms with Gasteiger partial charge in [0.05, 0.1) is 12.2 Å². The lowest BCUT2D eigenvalue weighted by molar-refractivity contribution is -0.138. The van der Waals surface area contributed by atoms with E-state index in [0.717, 1.165) is 12.1 Å². The van der Waals surface area contributed by atoms with Crippen LogP contribution in [0.1, 0.15) is 23.6 Å². The minimum absolute atomic E-state index is 0.0885. The number of ether oxygens (including phenoxy) is 1. The van der Waals surface area contributed by atoms with Gasteiger partial charge in [0, 0.05) is 6.08 Å². The highest BCUT2D eigenvalue weighted by atomic mass is 19.4. The Hall–Kier alpha value is -1.78. The maximum absolute atomic E-state index is 12.6. The van der Waals surface area contributed by atoms with Crippen LogP contribution in [0, 0.1) is 6.92 Å². The summed E-state index contributed by atoms with van der Waals surface area (Å²) >= 11 is 0. The van der Waals surface area contributed by atoms with Gasteiger partial charge in [0.15, 0.2) is 0 Å². The molecular formula is C13H13F3O2. The van der Waals surface area contributed by atoms with Gasteiger partial charge in [-0.25, -0.2) is 4.79 Å². The van der Waals surface area contributed by atoms with E-state index in [-0.39, 0.29) is 12.2 Å². The van der Waals surface area contributed by atoms with Crippen molar-refractivity contribution in [2.75, 3.05) is 6.61 Å². The zero-order valence-electron chi connectivity index (χ0n) is 10.0. The molecule has 1 rings (SSSR count). The summed E-state index contributed by atoms with van der Waals surface area (Å²) in [5.41, 5.74) is -0.267. The van der Waals surface area contributed by atoms with Crippen molar-refractivity contribution in [1.29, 1.82) is 0 Å². The van der Waals surface area contributed by atoms with E-state index in [4.69, 9.17) is 0 Å². The monoisotopic (exact) mass is 258 g/mol. The molecule has 0 spiro atoms. The van der Waals surface area contributed by atoms with E-state index < -0.39 is 17.7 Å². The van der Waals surface area contributed by atoms with Gasteiger partial charge in [0.1, 0.15) is 0 Å². The van der Waals surface area contributed by atoms with Crippen LogP contribution in [-0.2, 0) is 15.7 Å². The molecule has 0 saturated heterocycles. The van der Waals surface area contributed by atoms with E-state index in [9.17, 15) is 18.0 Å². The lowest BCUT2D eigenvalue weighted by atomic mass is 10.0. The summed E-state index contributed by atoms with van der Waals surface area (Å²) in [6.07, 6.45) is -1.95. The van der Waals surface area contributed by atoms with E-state index in [1.165, 1.54) is 25.1 Å². The lowest BCUT2D eigenvalue weighted by Crippen LogP contribution is -2.08. The molecular weight excluding hydrogens is 245 g/mol. The maximum atomic E-state index is 12.6. The SMILES string of the molecule is CCOC(=O)C=Cc1cccc(C(F)(F)F)c1C. The molecule has 0 aliphatic carbocycles. The first-order chi connectivity index (χ1) is 8.36. The van der Waals surface area contributed by atoms with Crippen LogP contribution >= 0.6 is 0 Å². The van der Waals surface area contributed by atoms with Crippen LogP contribution < -0.4 is 0 Å². The molecule has 18 heavy (non-hydrogen) atoms. The van der Waals surface area contributed by atoms with Crippen LogP contribution in [0.15, 0.2) is 24.3 Å². The van der Waals surface area contributed by atoms with Crippen molar-refractivity contribution >= 4 is 12.0 Å². The number of esters is 1. The average Bonchev–Trinajstić information content (AvgIpc) is 2.26. The van der Waals surface area contributed by atoms with E-state index in [1.54, 1.807) is 6.92 Å². The summed E-state index contributed by atoms with van der Waals surface area (Å²) < 4.78 is 42.6. The van der Waals surface area contributed by atoms with Gasteiger partial charge < -0.3 is 4.74 Å². The van der Waals surface area contributed by atoms with Crippen molar-refractivity contribution < 1.29 is 22.7 Å². The number of alkyl halides is 3. The van der Waals surface area contributed by atoms with E-state index >= 15 is 0 Å². The Labute approximate surface area is 103 Å². The Bertz CT molecular complexity index is 462. The summed E-state index contributed by atoms with van der Waals surface area (Å²) in [6, 6.07) is 3.83. The van der Waals surface area contributed by atoms with Gasteiger partial charge in [-0.1, -0.05) is 12.1 Å². The highest BCUT2D eigenvalue weighted by Gasteiger charge is 2.32. The van der Waals surface area contributed by atoms with Crippen LogP contribution in [-0.4, -0.2) is 12.6 Å². The fourth-order valence-electron chi connectivity index (χ4n) is 1.49. The molecule has 2 nitrogen and oxygen atoms in total. The van der Waals surface area contributed by atoms with Gasteiger partial charge in [-0.3, -0.25) is 0 Å². The second-order valence-electron chi connectivity index (χ2n) is 3.60. The van der Waals surface area contributed by atoms with Gasteiger partial charge in [-0.15, -0.1) is 0 Å². The van der Waals surface area contributed by atoms with Crippen LogP contribution in [0.5, 0.6) is 0 Å². The topological polar surface area (TPSA) is 26.3 Å². The molecule has 0 N–H and O–H groups in total. The van der Waals surface area contributed by atoms with Gasteiger partial charge >= 0.3 is 12.1 Å². The minimum atomic E-state index is -4.39. The van der Waals surface area contributed by atoms with Crippen LogP contribution in [0.2, 0.25) is 0 Å². The Morgan fingerprint density at radius 3 is 2.61 bits per heavy atom. The molecule has 5 heteroatoms. The molecule has 0 heterocycles. The highest BCUT2D eigenvalue weighted by Crippen LogP contribution is 2.33. The van der Waals surface area contributed by atoms with E-state index in [1.807, 2.05) is 0 Å². The number of benzene rings is 1. The molecule has 0 aliphatic heterocycles. The summed E-state index contributed by atoms with van der Waals surface area (Å²) in [4.78, 5) is 11.1. The molecule has 0 bridgehead atoms. The number of carbonyl (C=O) groups is 1. The van der Waals surface area contributed by atoms with E-state index in [2.05, 4.69) is 4.74 Å². The van der Waals surface area contributed by atoms with Crippen molar-refractivity contribution in [2.24, 2.45) is 0 Å². The fraction of sp³-hybridized carbons (Fsp3) is 0.308. The molecule has 0 atom stereocenters. The normalized spacial score (nSPS) is 11.8. The molecule has 98 valence electrons. The quantitative estimate of drug-likeness (QED) is 0.611. The van der Waals surface area contributed by atoms with Crippen LogP contribution in [0.3, 0.4) is 0 Å². The number of rotatable bonds is 3. The molecule has 0 saturated carbocycles. The van der Waals surface area contributed by atoms with Crippen molar-refractivity contribution in [2.45, 2.75) is 20.0 Å². The molecule has 0 radical (unpaired) electrons. The predicted octanol–water partition coefficient (Wildman–Crippen LogP) is 3.59. The molecule has 0 fully saturated rings. The molecule has 0 amide bonds. The van der Waals surface area contributed by atoms with Gasteiger partial charge in [0.25, 0.3) is 0 Å². The molecule has 0 aliphatic rings. The standard InChI is InChI=1S/C13H13F3O2/c1-3-18-12(17)8-7-10-5-4-6-11(9(10)2)13(14,15)16/h4-8H,3H2,1-2H3. The third-order valence-corrected chi connectivity index (χ3v) is 2.37. The van der Waals surface area contributed by atoms with Crippen molar-refractivity contribution in [3.8, 4) is 0 Å². The predicted molar refractivity (Wildman–Crippen MR) is 61.8 cm³/mol. The Morgan fingerprint density at radius 1 is 1.39 bits per heavy atom. The van der Waals surface area contributed by atoms with Gasteiger partial charge in [-0.2, -0.15) is 13.2 Å². The first-order valence-electron chi connectivity index (χ1n) is 5.38. The zero-order valence-corrected chi connectivity index (χ0v) is 10.0. The maximum Gasteiger partial charge on any atom is 0.416 e. The summed E-state index contributed by atoms with van der Waals surface area (Å²) in [5.74, 6) is -0.575. The first-order valence-corrected chi connectivity index (χ1v) is 5.38. The molecule has 0 aromatic heterocycles.